The predicted octanol–water partition coefficient (Wildman–Crippen LogP) is 3.46. The van der Waals surface area contributed by atoms with Gasteiger partial charge in [0.15, 0.2) is 0 Å². The van der Waals surface area contributed by atoms with E-state index in [0.29, 0.717) is 5.69 Å². The molecule has 0 aliphatic heterocycles. The molecule has 0 aliphatic carbocycles. The molecule has 0 amide bonds. The number of benzene rings is 1. The summed E-state index contributed by atoms with van der Waals surface area (Å²) in [4.78, 5) is 11.4. The number of ether oxygens (including phenoxy) is 1. The van der Waals surface area contributed by atoms with E-state index in [-0.39, 0.29) is 6.54 Å². The summed E-state index contributed by atoms with van der Waals surface area (Å²) in [5.41, 5.74) is -0.881. The van der Waals surface area contributed by atoms with Crippen LogP contribution >= 0.6 is 0 Å². The number of anilines is 1. The minimum absolute atomic E-state index is 0.0946. The van der Waals surface area contributed by atoms with Crippen molar-refractivity contribution in [3.05, 3.63) is 29.8 Å². The largest absolute Gasteiger partial charge is 0.459 e. The Hall–Kier alpha value is -1.72. The zero-order valence-electron chi connectivity index (χ0n) is 11.0. The van der Waals surface area contributed by atoms with Gasteiger partial charge in [-0.05, 0) is 45.0 Å². The van der Waals surface area contributed by atoms with E-state index in [2.05, 4.69) is 5.32 Å². The van der Waals surface area contributed by atoms with E-state index in [1.165, 1.54) is 12.1 Å². The number of esters is 1. The van der Waals surface area contributed by atoms with Crippen molar-refractivity contribution in [2.45, 2.75) is 32.5 Å². The summed E-state index contributed by atoms with van der Waals surface area (Å²) < 4.78 is 42.0. The molecule has 19 heavy (non-hydrogen) atoms. The molecule has 0 unspecified atom stereocenters. The molecule has 0 atom stereocenters. The Labute approximate surface area is 109 Å². The topological polar surface area (TPSA) is 38.3 Å². The van der Waals surface area contributed by atoms with Gasteiger partial charge in [-0.3, -0.25) is 4.79 Å². The molecule has 0 radical (unpaired) electrons. The third kappa shape index (κ3) is 5.63. The van der Waals surface area contributed by atoms with Crippen molar-refractivity contribution >= 4 is 11.7 Å². The van der Waals surface area contributed by atoms with E-state index in [0.717, 1.165) is 12.1 Å². The molecule has 1 N–H and O–H groups in total. The van der Waals surface area contributed by atoms with E-state index in [1.807, 2.05) is 0 Å². The first-order valence-corrected chi connectivity index (χ1v) is 5.71. The monoisotopic (exact) mass is 275 g/mol. The quantitative estimate of drug-likeness (QED) is 0.858. The number of carbonyl (C=O) groups excluding carboxylic acids is 1. The Kier molecular flexibility index (Phi) is 4.44. The van der Waals surface area contributed by atoms with Gasteiger partial charge in [0.2, 0.25) is 0 Å². The molecular weight excluding hydrogens is 259 g/mol. The molecule has 0 aliphatic rings. The molecule has 0 bridgehead atoms. The van der Waals surface area contributed by atoms with Crippen molar-refractivity contribution in [1.82, 2.24) is 0 Å². The van der Waals surface area contributed by atoms with Crippen molar-refractivity contribution in [3.63, 3.8) is 0 Å². The molecule has 1 aromatic rings. The smallest absolute Gasteiger partial charge is 0.416 e. The standard InChI is InChI=1S/C13H16F3NO2/c1-12(2,3)19-11(18)8-17-10-6-4-9(5-7-10)13(14,15)16/h4-7,17H,8H2,1-3H3. The predicted molar refractivity (Wildman–Crippen MR) is 65.8 cm³/mol. The number of hydrogen-bond donors (Lipinski definition) is 1. The van der Waals surface area contributed by atoms with E-state index in [9.17, 15) is 18.0 Å². The van der Waals surface area contributed by atoms with Gasteiger partial charge < -0.3 is 10.1 Å². The molecule has 1 aromatic carbocycles. The minimum Gasteiger partial charge on any atom is -0.459 e. The summed E-state index contributed by atoms with van der Waals surface area (Å²) in [6.45, 7) is 5.12. The van der Waals surface area contributed by atoms with Crippen molar-refractivity contribution in [1.29, 1.82) is 0 Å². The van der Waals surface area contributed by atoms with Gasteiger partial charge in [0.1, 0.15) is 12.1 Å². The maximum atomic E-state index is 12.3. The van der Waals surface area contributed by atoms with Crippen LogP contribution in [0.4, 0.5) is 18.9 Å². The number of hydrogen-bond acceptors (Lipinski definition) is 3. The lowest BCUT2D eigenvalue weighted by molar-refractivity contribution is -0.152. The van der Waals surface area contributed by atoms with Gasteiger partial charge in [0.25, 0.3) is 0 Å². The van der Waals surface area contributed by atoms with Crippen LogP contribution in [0, 0.1) is 0 Å². The molecule has 3 nitrogen and oxygen atoms in total. The van der Waals surface area contributed by atoms with Crippen molar-refractivity contribution in [3.8, 4) is 0 Å². The summed E-state index contributed by atoms with van der Waals surface area (Å²) in [5, 5.41) is 2.70. The second-order valence-corrected chi connectivity index (χ2v) is 5.02. The Morgan fingerprint density at radius 1 is 1.16 bits per heavy atom. The number of carbonyl (C=O) groups is 1. The molecule has 0 spiro atoms. The highest BCUT2D eigenvalue weighted by molar-refractivity contribution is 5.75. The van der Waals surface area contributed by atoms with Crippen LogP contribution in [0.2, 0.25) is 0 Å². The molecule has 0 saturated heterocycles. The zero-order chi connectivity index (χ0) is 14.7. The van der Waals surface area contributed by atoms with E-state index < -0.39 is 23.3 Å². The lowest BCUT2D eigenvalue weighted by Crippen LogP contribution is -2.28. The molecule has 0 saturated carbocycles. The van der Waals surface area contributed by atoms with Gasteiger partial charge in [0, 0.05) is 5.69 Å². The molecule has 1 rings (SSSR count). The Morgan fingerprint density at radius 2 is 1.68 bits per heavy atom. The molecular formula is C13H16F3NO2. The Morgan fingerprint density at radius 3 is 2.11 bits per heavy atom. The van der Waals surface area contributed by atoms with Gasteiger partial charge in [0.05, 0.1) is 5.56 Å². The minimum atomic E-state index is -4.36. The van der Waals surface area contributed by atoms with Crippen LogP contribution in [0.25, 0.3) is 0 Å². The van der Waals surface area contributed by atoms with Gasteiger partial charge in [-0.2, -0.15) is 13.2 Å². The molecule has 106 valence electrons. The van der Waals surface area contributed by atoms with Crippen LogP contribution in [0.5, 0.6) is 0 Å². The summed E-state index contributed by atoms with van der Waals surface area (Å²) in [6, 6.07) is 4.45. The first kappa shape index (κ1) is 15.3. The Bertz CT molecular complexity index is 433. The fraction of sp³-hybridized carbons (Fsp3) is 0.462. The van der Waals surface area contributed by atoms with Crippen LogP contribution in [0.15, 0.2) is 24.3 Å². The van der Waals surface area contributed by atoms with Gasteiger partial charge >= 0.3 is 12.1 Å². The average molecular weight is 275 g/mol. The number of rotatable bonds is 3. The molecule has 6 heteroatoms. The number of nitrogens with one attached hydrogen (secondary N) is 1. The maximum Gasteiger partial charge on any atom is 0.416 e. The fourth-order valence-corrected chi connectivity index (χ4v) is 1.33. The lowest BCUT2D eigenvalue weighted by atomic mass is 10.2. The van der Waals surface area contributed by atoms with Gasteiger partial charge in [-0.1, -0.05) is 0 Å². The second-order valence-electron chi connectivity index (χ2n) is 5.02. The van der Waals surface area contributed by atoms with Crippen molar-refractivity contribution in [2.24, 2.45) is 0 Å². The first-order valence-electron chi connectivity index (χ1n) is 5.71. The summed E-state index contributed by atoms with van der Waals surface area (Å²) >= 11 is 0. The second kappa shape index (κ2) is 5.50. The third-order valence-corrected chi connectivity index (χ3v) is 2.07. The van der Waals surface area contributed by atoms with Crippen molar-refractivity contribution < 1.29 is 22.7 Å². The van der Waals surface area contributed by atoms with E-state index >= 15 is 0 Å². The number of halogens is 3. The van der Waals surface area contributed by atoms with E-state index in [4.69, 9.17) is 4.74 Å². The Balaban J connectivity index is 2.53. The zero-order valence-corrected chi connectivity index (χ0v) is 11.0. The van der Waals surface area contributed by atoms with Crippen LogP contribution < -0.4 is 5.32 Å². The first-order chi connectivity index (χ1) is 8.58. The van der Waals surface area contributed by atoms with Crippen LogP contribution in [0.1, 0.15) is 26.3 Å². The fourth-order valence-electron chi connectivity index (χ4n) is 1.33. The highest BCUT2D eigenvalue weighted by Crippen LogP contribution is 2.29. The summed E-state index contributed by atoms with van der Waals surface area (Å²) in [6.07, 6.45) is -4.36. The van der Waals surface area contributed by atoms with Gasteiger partial charge in [-0.25, -0.2) is 0 Å². The third-order valence-electron chi connectivity index (χ3n) is 2.07. The van der Waals surface area contributed by atoms with E-state index in [1.54, 1.807) is 20.8 Å². The van der Waals surface area contributed by atoms with Gasteiger partial charge in [-0.15, -0.1) is 0 Å². The van der Waals surface area contributed by atoms with Crippen LogP contribution in [-0.2, 0) is 15.7 Å². The average Bonchev–Trinajstić information content (AvgIpc) is 2.23. The summed E-state index contributed by atoms with van der Waals surface area (Å²) in [7, 11) is 0. The van der Waals surface area contributed by atoms with Crippen molar-refractivity contribution in [2.75, 3.05) is 11.9 Å². The summed E-state index contributed by atoms with van der Waals surface area (Å²) in [5.74, 6) is -0.465. The molecule has 0 aromatic heterocycles. The van der Waals surface area contributed by atoms with Crippen LogP contribution in [-0.4, -0.2) is 18.1 Å². The SMILES string of the molecule is CC(C)(C)OC(=O)CNc1ccc(C(F)(F)F)cc1. The lowest BCUT2D eigenvalue weighted by Gasteiger charge is -2.19. The normalized spacial score (nSPS) is 12.1. The molecule has 0 fully saturated rings. The highest BCUT2D eigenvalue weighted by atomic mass is 19.4. The highest BCUT2D eigenvalue weighted by Gasteiger charge is 2.29. The molecule has 0 heterocycles. The number of alkyl halides is 3. The van der Waals surface area contributed by atoms with Crippen LogP contribution in [0.3, 0.4) is 0 Å². The maximum absolute atomic E-state index is 12.3.